The molecule has 0 spiro atoms. The Hall–Kier alpha value is -0.240. The van der Waals surface area contributed by atoms with Gasteiger partial charge in [0.1, 0.15) is 24.4 Å². The van der Waals surface area contributed by atoms with Gasteiger partial charge in [-0.2, -0.15) is 0 Å². The normalized spacial score (nSPS) is 48.9. The first-order chi connectivity index (χ1) is 5.95. The summed E-state index contributed by atoms with van der Waals surface area (Å²) in [5.74, 6) is 0. The summed E-state index contributed by atoms with van der Waals surface area (Å²) in [4.78, 5) is 0. The van der Waals surface area contributed by atoms with Gasteiger partial charge in [-0.15, -0.1) is 0 Å². The molecular formula is C7H14O6. The van der Waals surface area contributed by atoms with Gasteiger partial charge >= 0.3 is 0 Å². The van der Waals surface area contributed by atoms with Crippen LogP contribution in [0.3, 0.4) is 0 Å². The monoisotopic (exact) mass is 194 g/mol. The summed E-state index contributed by atoms with van der Waals surface area (Å²) in [6.45, 7) is 1.35. The Morgan fingerprint density at radius 1 is 1.00 bits per heavy atom. The zero-order valence-electron chi connectivity index (χ0n) is 7.11. The minimum absolute atomic E-state index is 1.04. The summed E-state index contributed by atoms with van der Waals surface area (Å²) < 4.78 is 4.69. The number of hydrogen-bond acceptors (Lipinski definition) is 6. The Kier molecular flexibility index (Phi) is 3.23. The molecule has 1 aliphatic rings. The van der Waals surface area contributed by atoms with Crippen LogP contribution in [0.25, 0.3) is 0 Å². The van der Waals surface area contributed by atoms with Gasteiger partial charge in [0.25, 0.3) is 0 Å². The number of ether oxygens (including phenoxy) is 1. The first-order valence-electron chi connectivity index (χ1n) is 4.01. The molecule has 6 nitrogen and oxygen atoms in total. The molecule has 0 aliphatic carbocycles. The fourth-order valence-electron chi connectivity index (χ4n) is 1.29. The first-order valence-corrected chi connectivity index (χ1v) is 4.01. The zero-order chi connectivity index (χ0) is 10.2. The van der Waals surface area contributed by atoms with Crippen LogP contribution < -0.4 is 0 Å². The maximum atomic E-state index is 9.29. The third kappa shape index (κ3) is 1.98. The maximum Gasteiger partial charge on any atom is 0.184 e. The van der Waals surface area contributed by atoms with E-state index in [9.17, 15) is 10.2 Å². The Morgan fingerprint density at radius 3 is 2.00 bits per heavy atom. The van der Waals surface area contributed by atoms with Gasteiger partial charge < -0.3 is 30.3 Å². The molecule has 1 saturated heterocycles. The minimum Gasteiger partial charge on any atom is -0.391 e. The van der Waals surface area contributed by atoms with Crippen LogP contribution in [0.4, 0.5) is 0 Å². The van der Waals surface area contributed by atoms with Gasteiger partial charge in [-0.3, -0.25) is 0 Å². The number of hydrogen-bond donors (Lipinski definition) is 5. The van der Waals surface area contributed by atoms with Crippen LogP contribution in [0.2, 0.25) is 0 Å². The maximum absolute atomic E-state index is 9.29. The largest absolute Gasteiger partial charge is 0.391 e. The van der Waals surface area contributed by atoms with E-state index in [0.29, 0.717) is 0 Å². The molecule has 5 N–H and O–H groups in total. The number of rotatable bonds is 1. The first kappa shape index (κ1) is 10.8. The van der Waals surface area contributed by atoms with Crippen molar-refractivity contribution >= 4 is 0 Å². The lowest BCUT2D eigenvalue weighted by Gasteiger charge is -2.39. The molecule has 0 radical (unpaired) electrons. The third-order valence-corrected chi connectivity index (χ3v) is 2.10. The Labute approximate surface area is 75.0 Å². The Balaban J connectivity index is 2.70. The highest BCUT2D eigenvalue weighted by Gasteiger charge is 2.44. The molecule has 78 valence electrons. The van der Waals surface area contributed by atoms with E-state index >= 15 is 0 Å². The summed E-state index contributed by atoms with van der Waals surface area (Å²) in [6, 6.07) is 0. The van der Waals surface area contributed by atoms with Crippen LogP contribution >= 0.6 is 0 Å². The second kappa shape index (κ2) is 3.87. The molecule has 0 aromatic rings. The molecule has 1 fully saturated rings. The lowest BCUT2D eigenvalue weighted by Crippen LogP contribution is -2.60. The molecule has 0 aromatic carbocycles. The second-order valence-electron chi connectivity index (χ2n) is 3.20. The molecule has 1 rings (SSSR count). The summed E-state index contributed by atoms with van der Waals surface area (Å²) in [5, 5.41) is 45.6. The van der Waals surface area contributed by atoms with E-state index in [1.54, 1.807) is 0 Å². The lowest BCUT2D eigenvalue weighted by atomic mass is 9.96. The van der Waals surface area contributed by atoms with Gasteiger partial charge in [-0.05, 0) is 6.92 Å². The van der Waals surface area contributed by atoms with Crippen LogP contribution in [-0.4, -0.2) is 62.3 Å². The van der Waals surface area contributed by atoms with Crippen molar-refractivity contribution in [1.29, 1.82) is 0 Å². The van der Waals surface area contributed by atoms with Gasteiger partial charge in [0, 0.05) is 0 Å². The van der Waals surface area contributed by atoms with E-state index < -0.39 is 36.8 Å². The van der Waals surface area contributed by atoms with Crippen molar-refractivity contribution in [2.24, 2.45) is 0 Å². The number of aliphatic hydroxyl groups excluding tert-OH is 5. The van der Waals surface area contributed by atoms with E-state index in [4.69, 9.17) is 15.3 Å². The van der Waals surface area contributed by atoms with Gasteiger partial charge in [-0.1, -0.05) is 0 Å². The molecule has 6 atom stereocenters. The summed E-state index contributed by atoms with van der Waals surface area (Å²) in [7, 11) is 0. The SMILES string of the molecule is C[C@@H](O)[C@H]1OC(O)[C@H](O)[C@@H](O)[C@@H]1O. The summed E-state index contributed by atoms with van der Waals surface area (Å²) in [6.07, 6.45) is -8.18. The standard InChI is InChI=1S/C7H14O6/c1-2(8)6-4(10)3(9)5(11)7(12)13-6/h2-12H,1H3/t2-,3+,4+,5-,6-,7?/m1/s1. The van der Waals surface area contributed by atoms with Gasteiger partial charge in [0.05, 0.1) is 6.10 Å². The second-order valence-corrected chi connectivity index (χ2v) is 3.20. The molecule has 13 heavy (non-hydrogen) atoms. The predicted octanol–water partition coefficient (Wildman–Crippen LogP) is -2.83. The van der Waals surface area contributed by atoms with E-state index in [1.807, 2.05) is 0 Å². The summed E-state index contributed by atoms with van der Waals surface area (Å²) >= 11 is 0. The van der Waals surface area contributed by atoms with Crippen molar-refractivity contribution in [3.05, 3.63) is 0 Å². The minimum atomic E-state index is -1.59. The Morgan fingerprint density at radius 2 is 1.54 bits per heavy atom. The van der Waals surface area contributed by atoms with Crippen LogP contribution in [0.5, 0.6) is 0 Å². The van der Waals surface area contributed by atoms with Crippen molar-refractivity contribution in [3.63, 3.8) is 0 Å². The predicted molar refractivity (Wildman–Crippen MR) is 40.6 cm³/mol. The van der Waals surface area contributed by atoms with Gasteiger partial charge in [0.2, 0.25) is 0 Å². The smallest absolute Gasteiger partial charge is 0.184 e. The molecule has 0 saturated carbocycles. The van der Waals surface area contributed by atoms with Crippen LogP contribution in [-0.2, 0) is 4.74 Å². The Bertz CT molecular complexity index is 172. The molecule has 0 amide bonds. The third-order valence-electron chi connectivity index (χ3n) is 2.10. The van der Waals surface area contributed by atoms with Crippen LogP contribution in [0, 0.1) is 0 Å². The van der Waals surface area contributed by atoms with Crippen molar-refractivity contribution in [2.75, 3.05) is 0 Å². The molecule has 1 unspecified atom stereocenters. The van der Waals surface area contributed by atoms with Gasteiger partial charge in [-0.25, -0.2) is 0 Å². The molecule has 1 heterocycles. The number of aliphatic hydroxyl groups is 5. The van der Waals surface area contributed by atoms with E-state index in [-0.39, 0.29) is 0 Å². The molecular weight excluding hydrogens is 180 g/mol. The van der Waals surface area contributed by atoms with Crippen LogP contribution in [0.15, 0.2) is 0 Å². The van der Waals surface area contributed by atoms with E-state index in [2.05, 4.69) is 4.74 Å². The van der Waals surface area contributed by atoms with Crippen molar-refractivity contribution in [2.45, 2.75) is 43.7 Å². The van der Waals surface area contributed by atoms with Crippen molar-refractivity contribution < 1.29 is 30.3 Å². The van der Waals surface area contributed by atoms with E-state index in [1.165, 1.54) is 6.92 Å². The highest BCUT2D eigenvalue weighted by Crippen LogP contribution is 2.21. The molecule has 6 heteroatoms. The fraction of sp³-hybridized carbons (Fsp3) is 1.00. The van der Waals surface area contributed by atoms with Crippen molar-refractivity contribution in [1.82, 2.24) is 0 Å². The van der Waals surface area contributed by atoms with Crippen LogP contribution in [0.1, 0.15) is 6.92 Å². The highest BCUT2D eigenvalue weighted by atomic mass is 16.6. The van der Waals surface area contributed by atoms with Gasteiger partial charge in [0.15, 0.2) is 6.29 Å². The lowest BCUT2D eigenvalue weighted by molar-refractivity contribution is -0.295. The molecule has 0 aromatic heterocycles. The quantitative estimate of drug-likeness (QED) is 0.308. The van der Waals surface area contributed by atoms with E-state index in [0.717, 1.165) is 0 Å². The average molecular weight is 194 g/mol. The highest BCUT2D eigenvalue weighted by molar-refractivity contribution is 4.90. The average Bonchev–Trinajstić information content (AvgIpc) is 2.07. The topological polar surface area (TPSA) is 110 Å². The summed E-state index contributed by atoms with van der Waals surface area (Å²) in [5.41, 5.74) is 0. The zero-order valence-corrected chi connectivity index (χ0v) is 7.11. The van der Waals surface area contributed by atoms with Crippen molar-refractivity contribution in [3.8, 4) is 0 Å². The fourth-order valence-corrected chi connectivity index (χ4v) is 1.29. The molecule has 1 aliphatic heterocycles. The molecule has 0 bridgehead atoms.